The highest BCUT2D eigenvalue weighted by Gasteiger charge is 2.20. The third-order valence-electron chi connectivity index (χ3n) is 3.11. The van der Waals surface area contributed by atoms with Crippen molar-refractivity contribution in [2.24, 2.45) is 0 Å². The van der Waals surface area contributed by atoms with Crippen molar-refractivity contribution in [1.29, 1.82) is 0 Å². The summed E-state index contributed by atoms with van der Waals surface area (Å²) in [6.45, 7) is 3.01. The first-order chi connectivity index (χ1) is 8.59. The molecule has 5 heteroatoms. The first-order valence-corrected chi connectivity index (χ1v) is 5.94. The molecule has 1 amide bonds. The van der Waals surface area contributed by atoms with E-state index in [0.717, 1.165) is 24.1 Å². The van der Waals surface area contributed by atoms with Gasteiger partial charge in [-0.2, -0.15) is 0 Å². The molecule has 0 aromatic heterocycles. The van der Waals surface area contributed by atoms with E-state index >= 15 is 0 Å². The van der Waals surface area contributed by atoms with E-state index in [0.29, 0.717) is 12.1 Å². The monoisotopic (exact) mass is 248 g/mol. The third-order valence-corrected chi connectivity index (χ3v) is 3.11. The fraction of sp³-hybridized carbons (Fsp3) is 0.385. The van der Waals surface area contributed by atoms with Gasteiger partial charge in [0.1, 0.15) is 6.04 Å². The lowest BCUT2D eigenvalue weighted by Gasteiger charge is -2.20. The Bertz CT molecular complexity index is 485. The van der Waals surface area contributed by atoms with Crippen LogP contribution in [0, 0.1) is 0 Å². The molecular formula is C13H16N2O3. The lowest BCUT2D eigenvalue weighted by atomic mass is 9.95. The summed E-state index contributed by atoms with van der Waals surface area (Å²) in [5.41, 5.74) is 2.69. The van der Waals surface area contributed by atoms with Crippen molar-refractivity contribution < 1.29 is 14.7 Å². The van der Waals surface area contributed by atoms with Crippen LogP contribution in [0.4, 0.5) is 0 Å². The van der Waals surface area contributed by atoms with Gasteiger partial charge < -0.3 is 15.7 Å². The Morgan fingerprint density at radius 1 is 1.44 bits per heavy atom. The summed E-state index contributed by atoms with van der Waals surface area (Å²) in [5.74, 6) is -1.36. The molecular weight excluding hydrogens is 232 g/mol. The number of benzene rings is 1. The highest BCUT2D eigenvalue weighted by Crippen LogP contribution is 2.18. The van der Waals surface area contributed by atoms with Crippen LogP contribution in [0.25, 0.3) is 0 Å². The molecule has 0 spiro atoms. The molecule has 1 aliphatic rings. The zero-order valence-electron chi connectivity index (χ0n) is 10.2. The Morgan fingerprint density at radius 3 is 2.94 bits per heavy atom. The molecule has 18 heavy (non-hydrogen) atoms. The molecule has 1 aliphatic heterocycles. The van der Waals surface area contributed by atoms with Crippen LogP contribution in [-0.4, -0.2) is 29.6 Å². The van der Waals surface area contributed by atoms with Crippen molar-refractivity contribution in [3.8, 4) is 0 Å². The van der Waals surface area contributed by atoms with Crippen molar-refractivity contribution in [1.82, 2.24) is 10.6 Å². The predicted octanol–water partition coefficient (Wildman–Crippen LogP) is 0.535. The summed E-state index contributed by atoms with van der Waals surface area (Å²) in [7, 11) is 0. The van der Waals surface area contributed by atoms with Gasteiger partial charge in [0.05, 0.1) is 0 Å². The molecule has 2 rings (SSSR count). The molecule has 0 aliphatic carbocycles. The maximum absolute atomic E-state index is 12.0. The maximum atomic E-state index is 12.0. The fourth-order valence-electron chi connectivity index (χ4n) is 2.06. The molecule has 1 heterocycles. The first-order valence-electron chi connectivity index (χ1n) is 5.94. The Labute approximate surface area is 105 Å². The van der Waals surface area contributed by atoms with E-state index < -0.39 is 12.0 Å². The van der Waals surface area contributed by atoms with Crippen LogP contribution >= 0.6 is 0 Å². The van der Waals surface area contributed by atoms with E-state index in [9.17, 15) is 9.59 Å². The van der Waals surface area contributed by atoms with Crippen molar-refractivity contribution in [2.75, 3.05) is 6.54 Å². The van der Waals surface area contributed by atoms with Crippen LogP contribution in [0.3, 0.4) is 0 Å². The predicted molar refractivity (Wildman–Crippen MR) is 66.4 cm³/mol. The molecule has 1 aromatic rings. The second-order valence-corrected chi connectivity index (χ2v) is 4.40. The average Bonchev–Trinajstić information content (AvgIpc) is 2.37. The second kappa shape index (κ2) is 5.18. The topological polar surface area (TPSA) is 78.4 Å². The zero-order valence-corrected chi connectivity index (χ0v) is 10.2. The second-order valence-electron chi connectivity index (χ2n) is 4.40. The SMILES string of the molecule is CC(NC(=O)c1cccc2c1CNCC2)C(=O)O. The number of carbonyl (C=O) groups excluding carboxylic acids is 1. The summed E-state index contributed by atoms with van der Waals surface area (Å²) < 4.78 is 0. The van der Waals surface area contributed by atoms with Gasteiger partial charge in [-0.1, -0.05) is 12.1 Å². The molecule has 0 saturated carbocycles. The minimum absolute atomic E-state index is 0.328. The quantitative estimate of drug-likeness (QED) is 0.729. The highest BCUT2D eigenvalue weighted by molar-refractivity contribution is 5.98. The molecule has 3 N–H and O–H groups in total. The van der Waals surface area contributed by atoms with Gasteiger partial charge in [0, 0.05) is 12.1 Å². The molecule has 0 fully saturated rings. The van der Waals surface area contributed by atoms with Crippen LogP contribution < -0.4 is 10.6 Å². The van der Waals surface area contributed by atoms with Gasteiger partial charge in [-0.05, 0) is 37.1 Å². The summed E-state index contributed by atoms with van der Waals surface area (Å²) in [5, 5.41) is 14.5. The van der Waals surface area contributed by atoms with Crippen LogP contribution in [-0.2, 0) is 17.8 Å². The van der Waals surface area contributed by atoms with E-state index in [1.807, 2.05) is 12.1 Å². The number of hydrogen-bond donors (Lipinski definition) is 3. The van der Waals surface area contributed by atoms with Gasteiger partial charge in [-0.15, -0.1) is 0 Å². The normalized spacial score (nSPS) is 15.6. The molecule has 0 radical (unpaired) electrons. The van der Waals surface area contributed by atoms with E-state index in [2.05, 4.69) is 10.6 Å². The van der Waals surface area contributed by atoms with Crippen LogP contribution in [0.1, 0.15) is 28.4 Å². The highest BCUT2D eigenvalue weighted by atomic mass is 16.4. The lowest BCUT2D eigenvalue weighted by molar-refractivity contribution is -0.138. The minimum Gasteiger partial charge on any atom is -0.480 e. The van der Waals surface area contributed by atoms with Gasteiger partial charge in [0.2, 0.25) is 0 Å². The van der Waals surface area contributed by atoms with Crippen LogP contribution in [0.15, 0.2) is 18.2 Å². The van der Waals surface area contributed by atoms with E-state index in [1.54, 1.807) is 6.07 Å². The summed E-state index contributed by atoms with van der Waals surface area (Å²) >= 11 is 0. The average molecular weight is 248 g/mol. The number of amides is 1. The van der Waals surface area contributed by atoms with Crippen molar-refractivity contribution in [3.63, 3.8) is 0 Å². The standard InChI is InChI=1S/C13H16N2O3/c1-8(13(17)18)15-12(16)10-4-2-3-9-5-6-14-7-11(9)10/h2-4,8,14H,5-7H2,1H3,(H,15,16)(H,17,18). The molecule has 5 nitrogen and oxygen atoms in total. The largest absolute Gasteiger partial charge is 0.480 e. The maximum Gasteiger partial charge on any atom is 0.325 e. The van der Waals surface area contributed by atoms with E-state index in [1.165, 1.54) is 6.92 Å². The molecule has 96 valence electrons. The summed E-state index contributed by atoms with van der Waals surface area (Å²) in [6.07, 6.45) is 0.894. The molecule has 1 unspecified atom stereocenters. The molecule has 0 saturated heterocycles. The number of hydrogen-bond acceptors (Lipinski definition) is 3. The fourth-order valence-corrected chi connectivity index (χ4v) is 2.06. The number of carboxylic acid groups (broad SMARTS) is 1. The van der Waals surface area contributed by atoms with E-state index in [4.69, 9.17) is 5.11 Å². The van der Waals surface area contributed by atoms with Gasteiger partial charge in [0.15, 0.2) is 0 Å². The van der Waals surface area contributed by atoms with Gasteiger partial charge in [-0.25, -0.2) is 0 Å². The third kappa shape index (κ3) is 2.51. The van der Waals surface area contributed by atoms with Gasteiger partial charge in [0.25, 0.3) is 5.91 Å². The Kier molecular flexibility index (Phi) is 3.62. The Balaban J connectivity index is 2.23. The van der Waals surface area contributed by atoms with Crippen LogP contribution in [0.5, 0.6) is 0 Å². The van der Waals surface area contributed by atoms with E-state index in [-0.39, 0.29) is 5.91 Å². The molecule has 1 atom stereocenters. The lowest BCUT2D eigenvalue weighted by Crippen LogP contribution is -2.39. The molecule has 1 aromatic carbocycles. The van der Waals surface area contributed by atoms with Crippen molar-refractivity contribution in [2.45, 2.75) is 25.9 Å². The number of aliphatic carboxylic acids is 1. The van der Waals surface area contributed by atoms with Gasteiger partial charge in [-0.3, -0.25) is 9.59 Å². The smallest absolute Gasteiger partial charge is 0.325 e. The zero-order chi connectivity index (χ0) is 13.1. The van der Waals surface area contributed by atoms with Crippen LogP contribution in [0.2, 0.25) is 0 Å². The Morgan fingerprint density at radius 2 is 2.22 bits per heavy atom. The summed E-state index contributed by atoms with van der Waals surface area (Å²) in [4.78, 5) is 22.8. The minimum atomic E-state index is -1.04. The number of fused-ring (bicyclic) bond motifs is 1. The van der Waals surface area contributed by atoms with Crippen molar-refractivity contribution >= 4 is 11.9 Å². The van der Waals surface area contributed by atoms with Crippen molar-refractivity contribution in [3.05, 3.63) is 34.9 Å². The number of rotatable bonds is 3. The Hall–Kier alpha value is -1.88. The number of nitrogens with one attached hydrogen (secondary N) is 2. The molecule has 0 bridgehead atoms. The number of carboxylic acids is 1. The number of carbonyl (C=O) groups is 2. The first kappa shape index (κ1) is 12.6. The summed E-state index contributed by atoms with van der Waals surface area (Å²) in [6, 6.07) is 4.69. The van der Waals surface area contributed by atoms with Gasteiger partial charge >= 0.3 is 5.97 Å².